The summed E-state index contributed by atoms with van der Waals surface area (Å²) in [6.07, 6.45) is 0. The highest BCUT2D eigenvalue weighted by Gasteiger charge is 2.24. The molecule has 2 aromatic heterocycles. The Balaban J connectivity index is 1.60. The van der Waals surface area contributed by atoms with E-state index in [0.717, 1.165) is 10.5 Å². The van der Waals surface area contributed by atoms with Crippen LogP contribution in [0, 0.1) is 0 Å². The van der Waals surface area contributed by atoms with Crippen LogP contribution in [0.25, 0.3) is 5.82 Å². The quantitative estimate of drug-likeness (QED) is 0.228. The number of thioether (sulfide) groups is 1. The molecule has 0 saturated carbocycles. The highest BCUT2D eigenvalue weighted by Crippen LogP contribution is 2.25. The minimum atomic E-state index is -0.526. The van der Waals surface area contributed by atoms with Crippen molar-refractivity contribution in [3.63, 3.8) is 0 Å². The molecule has 12 heteroatoms. The third-order valence-electron chi connectivity index (χ3n) is 4.61. The summed E-state index contributed by atoms with van der Waals surface area (Å²) < 4.78 is 11.3. The first-order valence-corrected chi connectivity index (χ1v) is 10.7. The third-order valence-corrected chi connectivity index (χ3v) is 5.63. The molecule has 168 valence electrons. The molecule has 4 aromatic rings. The average Bonchev–Trinajstić information content (AvgIpc) is 3.47. The van der Waals surface area contributed by atoms with Gasteiger partial charge in [-0.3, -0.25) is 4.79 Å². The average molecular weight is 465 g/mol. The lowest BCUT2D eigenvalue weighted by atomic mass is 10.1. The molecule has 0 saturated heterocycles. The van der Waals surface area contributed by atoms with Crippen molar-refractivity contribution in [2.24, 2.45) is 5.10 Å². The zero-order valence-electron chi connectivity index (χ0n) is 17.8. The van der Waals surface area contributed by atoms with Gasteiger partial charge in [0.1, 0.15) is 5.75 Å². The second-order valence-corrected chi connectivity index (χ2v) is 7.79. The molecule has 0 atom stereocenters. The van der Waals surface area contributed by atoms with Gasteiger partial charge in [0, 0.05) is 16.2 Å². The van der Waals surface area contributed by atoms with Gasteiger partial charge in [-0.05, 0) is 41.5 Å². The van der Waals surface area contributed by atoms with Crippen LogP contribution in [-0.4, -0.2) is 44.0 Å². The van der Waals surface area contributed by atoms with Crippen molar-refractivity contribution < 1.29 is 14.2 Å². The van der Waals surface area contributed by atoms with Crippen molar-refractivity contribution in [1.82, 2.24) is 30.7 Å². The highest BCUT2D eigenvalue weighted by molar-refractivity contribution is 7.98. The van der Waals surface area contributed by atoms with Gasteiger partial charge in [-0.25, -0.2) is 10.1 Å². The Bertz CT molecular complexity index is 1290. The van der Waals surface area contributed by atoms with Crippen LogP contribution in [0.5, 0.6) is 5.75 Å². The smallest absolute Gasteiger partial charge is 0.293 e. The number of amides is 1. The third kappa shape index (κ3) is 5.01. The summed E-state index contributed by atoms with van der Waals surface area (Å²) >= 11 is 1.50. The Morgan fingerprint density at radius 1 is 1.21 bits per heavy atom. The van der Waals surface area contributed by atoms with Gasteiger partial charge in [0.05, 0.1) is 18.5 Å². The van der Waals surface area contributed by atoms with Crippen molar-refractivity contribution in [3.8, 4) is 11.6 Å². The molecule has 0 radical (unpaired) electrons. The molecule has 4 rings (SSSR count). The first-order chi connectivity index (χ1) is 16.1. The second kappa shape index (κ2) is 9.96. The van der Waals surface area contributed by atoms with Gasteiger partial charge < -0.3 is 10.5 Å². The van der Waals surface area contributed by atoms with Crippen molar-refractivity contribution in [2.45, 2.75) is 17.6 Å². The predicted molar refractivity (Wildman–Crippen MR) is 122 cm³/mol. The van der Waals surface area contributed by atoms with Crippen molar-refractivity contribution in [3.05, 3.63) is 71.5 Å². The molecule has 11 nitrogen and oxygen atoms in total. The summed E-state index contributed by atoms with van der Waals surface area (Å²) in [5, 5.41) is 19.6. The van der Waals surface area contributed by atoms with E-state index in [9.17, 15) is 4.79 Å². The van der Waals surface area contributed by atoms with Gasteiger partial charge in [0.2, 0.25) is 11.6 Å². The Morgan fingerprint density at radius 2 is 2.03 bits per heavy atom. The Morgan fingerprint density at radius 3 is 2.76 bits per heavy atom. The molecule has 3 N–H and O–H groups in total. The van der Waals surface area contributed by atoms with E-state index in [1.54, 1.807) is 14.0 Å². The molecular formula is C21H20N8O3S. The molecule has 0 spiro atoms. The molecule has 2 aromatic carbocycles. The number of aromatic nitrogens is 5. The number of carbonyl (C=O) groups is 1. The lowest BCUT2D eigenvalue weighted by molar-refractivity contribution is 0.0949. The normalized spacial score (nSPS) is 11.4. The maximum atomic E-state index is 12.9. The predicted octanol–water partition coefficient (Wildman–Crippen LogP) is 2.69. The summed E-state index contributed by atoms with van der Waals surface area (Å²) in [5.74, 6) is 0.716. The number of methoxy groups -OCH3 is 1. The topological polar surface area (TPSA) is 146 Å². The SMILES string of the molecule is COc1cccc(C(C)=NNC(=O)c2nnn(-c3nonc3N)c2CSc2ccccc2)c1. The number of anilines is 1. The van der Waals surface area contributed by atoms with Crippen LogP contribution in [-0.2, 0) is 5.75 Å². The first-order valence-electron chi connectivity index (χ1n) is 9.76. The number of carbonyl (C=O) groups excluding carboxylic acids is 1. The number of hydrazone groups is 1. The molecule has 2 heterocycles. The van der Waals surface area contributed by atoms with Crippen LogP contribution in [0.2, 0.25) is 0 Å². The minimum absolute atomic E-state index is 0.0321. The maximum absolute atomic E-state index is 12.9. The summed E-state index contributed by atoms with van der Waals surface area (Å²) in [6, 6.07) is 17.1. The van der Waals surface area contributed by atoms with Crippen molar-refractivity contribution in [1.29, 1.82) is 0 Å². The van der Waals surface area contributed by atoms with Crippen LogP contribution in [0.1, 0.15) is 28.7 Å². The van der Waals surface area contributed by atoms with Gasteiger partial charge >= 0.3 is 0 Å². The van der Waals surface area contributed by atoms with Gasteiger partial charge in [0.25, 0.3) is 5.91 Å². The molecule has 0 aliphatic carbocycles. The lowest BCUT2D eigenvalue weighted by Crippen LogP contribution is -2.21. The minimum Gasteiger partial charge on any atom is -0.497 e. The molecule has 1 amide bonds. The van der Waals surface area contributed by atoms with E-state index >= 15 is 0 Å². The van der Waals surface area contributed by atoms with Crippen molar-refractivity contribution >= 4 is 29.2 Å². The Kier molecular flexibility index (Phi) is 6.64. The number of rotatable bonds is 8. The van der Waals surface area contributed by atoms with Crippen LogP contribution in [0.4, 0.5) is 5.82 Å². The Hall–Kier alpha value is -4.19. The van der Waals surface area contributed by atoms with E-state index in [4.69, 9.17) is 10.5 Å². The van der Waals surface area contributed by atoms with Crippen LogP contribution < -0.4 is 15.9 Å². The van der Waals surface area contributed by atoms with E-state index in [0.29, 0.717) is 22.9 Å². The van der Waals surface area contributed by atoms with E-state index in [2.05, 4.69) is 35.8 Å². The molecule has 0 bridgehead atoms. The molecule has 0 unspecified atom stereocenters. The van der Waals surface area contributed by atoms with Gasteiger partial charge in [-0.15, -0.1) is 16.9 Å². The molecule has 33 heavy (non-hydrogen) atoms. The van der Waals surface area contributed by atoms with Crippen LogP contribution in [0.15, 0.2) is 69.2 Å². The first kappa shape index (κ1) is 22.0. The molecule has 0 aliphatic heterocycles. The largest absolute Gasteiger partial charge is 0.497 e. The van der Waals surface area contributed by atoms with Crippen molar-refractivity contribution in [2.75, 3.05) is 12.8 Å². The fourth-order valence-corrected chi connectivity index (χ4v) is 3.80. The van der Waals surface area contributed by atoms with E-state index in [-0.39, 0.29) is 17.3 Å². The number of nitrogens with two attached hydrogens (primary N) is 1. The molecule has 0 aliphatic rings. The summed E-state index contributed by atoms with van der Waals surface area (Å²) in [7, 11) is 1.59. The van der Waals surface area contributed by atoms with E-state index in [1.165, 1.54) is 16.4 Å². The van der Waals surface area contributed by atoms with E-state index < -0.39 is 5.91 Å². The fourth-order valence-electron chi connectivity index (χ4n) is 2.88. The molecule has 0 fully saturated rings. The van der Waals surface area contributed by atoms with E-state index in [1.807, 2.05) is 54.6 Å². The number of nitrogens with one attached hydrogen (secondary N) is 1. The number of benzene rings is 2. The second-order valence-electron chi connectivity index (χ2n) is 6.74. The maximum Gasteiger partial charge on any atom is 0.293 e. The van der Waals surface area contributed by atoms with Gasteiger partial charge in [0.15, 0.2) is 5.69 Å². The summed E-state index contributed by atoms with van der Waals surface area (Å²) in [5.41, 5.74) is 10.3. The number of nitrogen functional groups attached to an aromatic ring is 1. The standard InChI is InChI=1S/C21H20N8O3S/c1-13(14-7-6-8-15(11-14)31-2)23-25-21(30)18-17(12-33-16-9-4-3-5-10-16)29(28-24-18)20-19(22)26-32-27-20/h3-11H,12H2,1-2H3,(H2,22,26)(H,25,30). The van der Waals surface area contributed by atoms with Gasteiger partial charge in [-0.2, -0.15) is 9.78 Å². The number of hydrogen-bond acceptors (Lipinski definition) is 10. The number of ether oxygens (including phenoxy) is 1. The summed E-state index contributed by atoms with van der Waals surface area (Å²) in [6.45, 7) is 1.78. The summed E-state index contributed by atoms with van der Waals surface area (Å²) in [4.78, 5) is 14.0. The molecular weight excluding hydrogens is 444 g/mol. The van der Waals surface area contributed by atoms with Gasteiger partial charge in [-0.1, -0.05) is 35.5 Å². The fraction of sp³-hybridized carbons (Fsp3) is 0.143. The zero-order chi connectivity index (χ0) is 23.2. The highest BCUT2D eigenvalue weighted by atomic mass is 32.2. The number of hydrogen-bond donors (Lipinski definition) is 2. The lowest BCUT2D eigenvalue weighted by Gasteiger charge is -2.07. The number of nitrogens with zero attached hydrogens (tertiary/aromatic N) is 6. The monoisotopic (exact) mass is 464 g/mol. The zero-order valence-corrected chi connectivity index (χ0v) is 18.6. The Labute approximate surface area is 193 Å². The van der Waals surface area contributed by atoms with Crippen LogP contribution in [0.3, 0.4) is 0 Å². The van der Waals surface area contributed by atoms with Crippen LogP contribution >= 0.6 is 11.8 Å².